The van der Waals surface area contributed by atoms with Gasteiger partial charge in [-0.15, -0.1) is 0 Å². The van der Waals surface area contributed by atoms with E-state index in [0.29, 0.717) is 12.8 Å². The molecule has 6 heteroatoms. The highest BCUT2D eigenvalue weighted by atomic mass is 32.2. The highest BCUT2D eigenvalue weighted by Crippen LogP contribution is 2.38. The lowest BCUT2D eigenvalue weighted by Crippen LogP contribution is -2.41. The van der Waals surface area contributed by atoms with Gasteiger partial charge >= 0.3 is 6.03 Å². The molecule has 0 unspecified atom stereocenters. The zero-order valence-electron chi connectivity index (χ0n) is 14.6. The van der Waals surface area contributed by atoms with Crippen LogP contribution in [0.3, 0.4) is 0 Å². The second-order valence-electron chi connectivity index (χ2n) is 7.60. The molecule has 0 radical (unpaired) electrons. The van der Waals surface area contributed by atoms with E-state index < -0.39 is 21.3 Å². The van der Waals surface area contributed by atoms with Gasteiger partial charge in [0.05, 0.1) is 5.25 Å². The molecule has 0 aliphatic heterocycles. The highest BCUT2D eigenvalue weighted by molar-refractivity contribution is 7.90. The van der Waals surface area contributed by atoms with Gasteiger partial charge in [0, 0.05) is 5.69 Å². The van der Waals surface area contributed by atoms with Crippen LogP contribution in [0.4, 0.5) is 10.5 Å². The molecule has 3 aliphatic carbocycles. The number of hydrogen-bond acceptors (Lipinski definition) is 3. The summed E-state index contributed by atoms with van der Waals surface area (Å²) >= 11 is 0. The van der Waals surface area contributed by atoms with Crippen LogP contribution in [0, 0.1) is 0 Å². The van der Waals surface area contributed by atoms with Crippen LogP contribution in [-0.4, -0.2) is 19.7 Å². The van der Waals surface area contributed by atoms with Gasteiger partial charge in [-0.05, 0) is 73.6 Å². The molecule has 0 saturated heterocycles. The van der Waals surface area contributed by atoms with Crippen LogP contribution in [0.5, 0.6) is 0 Å². The van der Waals surface area contributed by atoms with Crippen molar-refractivity contribution in [2.45, 2.75) is 75.9 Å². The lowest BCUT2D eigenvalue weighted by atomic mass is 9.99. The Kier molecular flexibility index (Phi) is 4.48. The second-order valence-corrected chi connectivity index (χ2v) is 9.56. The first-order valence-electron chi connectivity index (χ1n) is 9.54. The topological polar surface area (TPSA) is 75.3 Å². The predicted octanol–water partition coefficient (Wildman–Crippen LogP) is 3.45. The van der Waals surface area contributed by atoms with E-state index in [0.717, 1.165) is 63.5 Å². The van der Waals surface area contributed by atoms with Crippen molar-refractivity contribution in [2.75, 3.05) is 5.32 Å². The number of sulfonamides is 1. The number of carbonyl (C=O) groups is 1. The third kappa shape index (κ3) is 3.28. The molecule has 1 fully saturated rings. The van der Waals surface area contributed by atoms with Crippen molar-refractivity contribution in [1.82, 2.24) is 4.72 Å². The van der Waals surface area contributed by atoms with Gasteiger partial charge in [0.25, 0.3) is 0 Å². The molecule has 4 rings (SSSR count). The van der Waals surface area contributed by atoms with E-state index in [4.69, 9.17) is 0 Å². The van der Waals surface area contributed by atoms with Gasteiger partial charge in [-0.25, -0.2) is 17.9 Å². The van der Waals surface area contributed by atoms with E-state index in [9.17, 15) is 13.2 Å². The molecule has 0 bridgehead atoms. The van der Waals surface area contributed by atoms with Crippen LogP contribution in [0.2, 0.25) is 0 Å². The summed E-state index contributed by atoms with van der Waals surface area (Å²) in [5, 5.41) is 2.48. The lowest BCUT2D eigenvalue weighted by Gasteiger charge is -2.22. The number of aryl methyl sites for hydroxylation is 2. The van der Waals surface area contributed by atoms with Crippen LogP contribution < -0.4 is 10.0 Å². The molecular formula is C19H26N2O3S. The summed E-state index contributed by atoms with van der Waals surface area (Å²) in [6, 6.07) is 1.70. The maximum absolute atomic E-state index is 12.5. The minimum absolute atomic E-state index is 0.431. The van der Waals surface area contributed by atoms with Gasteiger partial charge < -0.3 is 5.32 Å². The molecule has 5 nitrogen and oxygen atoms in total. The van der Waals surface area contributed by atoms with Gasteiger partial charge in [0.1, 0.15) is 0 Å². The van der Waals surface area contributed by atoms with Crippen molar-refractivity contribution in [3.63, 3.8) is 0 Å². The maximum atomic E-state index is 12.5. The SMILES string of the molecule is O=C(Nc1c2c(cc3c1CCC3)CCC2)NS(=O)(=O)C1CCCCC1. The van der Waals surface area contributed by atoms with E-state index in [1.54, 1.807) is 0 Å². The van der Waals surface area contributed by atoms with E-state index in [-0.39, 0.29) is 0 Å². The van der Waals surface area contributed by atoms with Gasteiger partial charge in [-0.3, -0.25) is 0 Å². The second kappa shape index (κ2) is 6.63. The molecule has 0 spiro atoms. The number of anilines is 1. The van der Waals surface area contributed by atoms with Crippen molar-refractivity contribution in [2.24, 2.45) is 0 Å². The quantitative estimate of drug-likeness (QED) is 0.865. The number of carbonyl (C=O) groups excluding carboxylic acids is 1. The Balaban J connectivity index is 1.54. The zero-order valence-corrected chi connectivity index (χ0v) is 15.4. The van der Waals surface area contributed by atoms with E-state index >= 15 is 0 Å². The largest absolute Gasteiger partial charge is 0.332 e. The Labute approximate surface area is 149 Å². The van der Waals surface area contributed by atoms with Crippen molar-refractivity contribution in [3.05, 3.63) is 28.3 Å². The van der Waals surface area contributed by atoms with Gasteiger partial charge in [-0.1, -0.05) is 25.3 Å². The molecule has 0 aromatic heterocycles. The van der Waals surface area contributed by atoms with Crippen molar-refractivity contribution in [3.8, 4) is 0 Å². The molecule has 1 aromatic rings. The van der Waals surface area contributed by atoms with Crippen LogP contribution in [0.15, 0.2) is 6.07 Å². The third-order valence-corrected chi connectivity index (χ3v) is 7.76. The summed E-state index contributed by atoms with van der Waals surface area (Å²) in [6.07, 6.45) is 10.5. The molecule has 0 heterocycles. The first-order valence-corrected chi connectivity index (χ1v) is 11.1. The van der Waals surface area contributed by atoms with Crippen LogP contribution in [-0.2, 0) is 35.7 Å². The summed E-state index contributed by atoms with van der Waals surface area (Å²) < 4.78 is 27.2. The molecule has 2 N–H and O–H groups in total. The van der Waals surface area contributed by atoms with Crippen LogP contribution in [0.1, 0.15) is 67.2 Å². The first kappa shape index (κ1) is 16.9. The van der Waals surface area contributed by atoms with Gasteiger partial charge in [0.15, 0.2) is 0 Å². The van der Waals surface area contributed by atoms with Crippen LogP contribution >= 0.6 is 0 Å². The number of fused-ring (bicyclic) bond motifs is 2. The number of rotatable bonds is 3. The fourth-order valence-electron chi connectivity index (χ4n) is 4.69. The smallest absolute Gasteiger partial charge is 0.307 e. The lowest BCUT2D eigenvalue weighted by molar-refractivity contribution is 0.256. The Morgan fingerprint density at radius 2 is 1.48 bits per heavy atom. The van der Waals surface area contributed by atoms with Crippen molar-refractivity contribution < 1.29 is 13.2 Å². The van der Waals surface area contributed by atoms with Gasteiger partial charge in [-0.2, -0.15) is 0 Å². The predicted molar refractivity (Wildman–Crippen MR) is 98.4 cm³/mol. The average molecular weight is 362 g/mol. The van der Waals surface area contributed by atoms with Gasteiger partial charge in [0.2, 0.25) is 10.0 Å². The zero-order chi connectivity index (χ0) is 17.4. The molecule has 25 heavy (non-hydrogen) atoms. The monoisotopic (exact) mass is 362 g/mol. The Morgan fingerprint density at radius 3 is 2.08 bits per heavy atom. The summed E-state index contributed by atoms with van der Waals surface area (Å²) in [5.41, 5.74) is 5.97. The molecule has 1 aromatic carbocycles. The molecule has 3 aliphatic rings. The molecular weight excluding hydrogens is 336 g/mol. The fraction of sp³-hybridized carbons (Fsp3) is 0.632. The van der Waals surface area contributed by atoms with E-state index in [2.05, 4.69) is 16.1 Å². The summed E-state index contributed by atoms with van der Waals surface area (Å²) in [7, 11) is -3.59. The normalized spacial score (nSPS) is 20.2. The van der Waals surface area contributed by atoms with Crippen molar-refractivity contribution >= 4 is 21.7 Å². The standard InChI is InChI=1S/C19H26N2O3S/c22-19(21-25(23,24)15-8-2-1-3-9-15)20-18-16-10-4-6-13(16)12-14-7-5-11-17(14)18/h12,15H,1-11H2,(H2,20,21,22). The number of amides is 2. The number of urea groups is 1. The number of benzene rings is 1. The summed E-state index contributed by atoms with van der Waals surface area (Å²) in [6.45, 7) is 0. The molecule has 2 amide bonds. The minimum Gasteiger partial charge on any atom is -0.307 e. The minimum atomic E-state index is -3.59. The average Bonchev–Trinajstić information content (AvgIpc) is 3.24. The first-order chi connectivity index (χ1) is 12.0. The Morgan fingerprint density at radius 1 is 0.880 bits per heavy atom. The van der Waals surface area contributed by atoms with E-state index in [1.165, 1.54) is 22.3 Å². The Hall–Kier alpha value is -1.56. The van der Waals surface area contributed by atoms with Crippen molar-refractivity contribution in [1.29, 1.82) is 0 Å². The number of hydrogen-bond donors (Lipinski definition) is 2. The molecule has 1 saturated carbocycles. The van der Waals surface area contributed by atoms with E-state index in [1.807, 2.05) is 0 Å². The molecule has 0 atom stereocenters. The Bertz CT molecular complexity index is 763. The third-order valence-electron chi connectivity index (χ3n) is 5.94. The fourth-order valence-corrected chi connectivity index (χ4v) is 6.12. The highest BCUT2D eigenvalue weighted by Gasteiger charge is 2.30. The summed E-state index contributed by atoms with van der Waals surface area (Å²) in [4.78, 5) is 12.5. The van der Waals surface area contributed by atoms with Crippen LogP contribution in [0.25, 0.3) is 0 Å². The maximum Gasteiger partial charge on any atom is 0.332 e. The molecule has 136 valence electrons. The summed E-state index contributed by atoms with van der Waals surface area (Å²) in [5.74, 6) is 0. The number of nitrogens with one attached hydrogen (secondary N) is 2.